The molecule has 1 atom stereocenters. The molecule has 0 amide bonds. The van der Waals surface area contributed by atoms with Gasteiger partial charge in [0.25, 0.3) is 5.56 Å². The van der Waals surface area contributed by atoms with Gasteiger partial charge in [0.05, 0.1) is 23.1 Å². The molecule has 8 heteroatoms. The highest BCUT2D eigenvalue weighted by atomic mass is 16.5. The molecule has 0 bridgehead atoms. The quantitative estimate of drug-likeness (QED) is 0.760. The van der Waals surface area contributed by atoms with Gasteiger partial charge >= 0.3 is 5.69 Å². The first-order valence-electron chi connectivity index (χ1n) is 8.03. The number of anilines is 1. The molecule has 136 valence electrons. The number of allylic oxidation sites excluding steroid dienone is 1. The summed E-state index contributed by atoms with van der Waals surface area (Å²) in [5.41, 5.74) is 6.18. The molecule has 0 saturated heterocycles. The first-order valence-corrected chi connectivity index (χ1v) is 8.03. The molecule has 8 nitrogen and oxygen atoms in total. The lowest BCUT2D eigenvalue weighted by Crippen LogP contribution is -2.43. The van der Waals surface area contributed by atoms with Crippen molar-refractivity contribution >= 4 is 5.82 Å². The Balaban J connectivity index is 2.24. The molecule has 1 aliphatic rings. The van der Waals surface area contributed by atoms with Gasteiger partial charge in [-0.15, -0.1) is 6.42 Å². The summed E-state index contributed by atoms with van der Waals surface area (Å²) in [6.45, 7) is 0.133. The van der Waals surface area contributed by atoms with Gasteiger partial charge in [-0.25, -0.2) is 4.79 Å². The van der Waals surface area contributed by atoms with Crippen LogP contribution in [0.3, 0.4) is 0 Å². The fourth-order valence-electron chi connectivity index (χ4n) is 3.12. The van der Waals surface area contributed by atoms with E-state index >= 15 is 0 Å². The van der Waals surface area contributed by atoms with Crippen molar-refractivity contribution in [2.75, 3.05) is 11.9 Å². The van der Waals surface area contributed by atoms with E-state index in [-0.39, 0.29) is 29.4 Å². The molecular formula is C19H17N5O3. The number of terminal acetylenes is 1. The molecule has 3 N–H and O–H groups in total. The van der Waals surface area contributed by atoms with Crippen LogP contribution >= 0.6 is 0 Å². The molecule has 1 aliphatic heterocycles. The molecule has 0 aliphatic carbocycles. The zero-order valence-corrected chi connectivity index (χ0v) is 14.8. The zero-order chi connectivity index (χ0) is 19.7. The molecule has 1 aromatic carbocycles. The minimum Gasteiger partial charge on any atom is -0.481 e. The van der Waals surface area contributed by atoms with E-state index < -0.39 is 17.2 Å². The van der Waals surface area contributed by atoms with Crippen LogP contribution in [0.15, 0.2) is 45.2 Å². The van der Waals surface area contributed by atoms with E-state index in [1.807, 2.05) is 0 Å². The van der Waals surface area contributed by atoms with Crippen molar-refractivity contribution in [2.24, 2.45) is 19.8 Å². The molecule has 1 aromatic heterocycles. The van der Waals surface area contributed by atoms with Crippen molar-refractivity contribution in [3.63, 3.8) is 0 Å². The highest BCUT2D eigenvalue weighted by Crippen LogP contribution is 2.38. The van der Waals surface area contributed by atoms with Crippen LogP contribution in [-0.4, -0.2) is 15.7 Å². The molecule has 0 fully saturated rings. The van der Waals surface area contributed by atoms with E-state index in [1.165, 1.54) is 18.7 Å². The molecule has 3 rings (SSSR count). The maximum atomic E-state index is 12.8. The molecule has 27 heavy (non-hydrogen) atoms. The molecule has 2 aromatic rings. The fourth-order valence-corrected chi connectivity index (χ4v) is 3.12. The van der Waals surface area contributed by atoms with Gasteiger partial charge < -0.3 is 15.8 Å². The number of aromatic nitrogens is 2. The number of benzene rings is 1. The van der Waals surface area contributed by atoms with E-state index in [4.69, 9.17) is 16.9 Å². The smallest absolute Gasteiger partial charge is 0.332 e. The lowest BCUT2D eigenvalue weighted by molar-refractivity contribution is 0.370. The van der Waals surface area contributed by atoms with Crippen molar-refractivity contribution in [2.45, 2.75) is 5.92 Å². The third-order valence-corrected chi connectivity index (χ3v) is 4.48. The monoisotopic (exact) mass is 363 g/mol. The van der Waals surface area contributed by atoms with Gasteiger partial charge in [0.1, 0.15) is 24.0 Å². The summed E-state index contributed by atoms with van der Waals surface area (Å²) in [6.07, 6.45) is 5.18. The van der Waals surface area contributed by atoms with Gasteiger partial charge in [-0.05, 0) is 17.7 Å². The van der Waals surface area contributed by atoms with Crippen LogP contribution < -0.4 is 27.0 Å². The number of hydrogen-bond acceptors (Lipinski definition) is 6. The SMILES string of the molecule is C#CCOc1ccc([C@H]2C(C#N)=C(N)Nc3c2c(=O)n(C)c(=O)n3C)cc1. The van der Waals surface area contributed by atoms with Gasteiger partial charge in [0.15, 0.2) is 0 Å². The Bertz CT molecular complexity index is 1140. The van der Waals surface area contributed by atoms with Gasteiger partial charge in [0, 0.05) is 14.1 Å². The van der Waals surface area contributed by atoms with E-state index in [2.05, 4.69) is 17.3 Å². The van der Waals surface area contributed by atoms with E-state index in [1.54, 1.807) is 24.3 Å². The van der Waals surface area contributed by atoms with E-state index in [0.29, 0.717) is 11.3 Å². The molecule has 0 saturated carbocycles. The Morgan fingerprint density at radius 2 is 1.93 bits per heavy atom. The van der Waals surface area contributed by atoms with E-state index in [9.17, 15) is 14.9 Å². The summed E-state index contributed by atoms with van der Waals surface area (Å²) in [6, 6.07) is 8.95. The number of nitrogens with two attached hydrogens (primary N) is 1. The van der Waals surface area contributed by atoms with Crippen LogP contribution in [0.5, 0.6) is 5.75 Å². The number of ether oxygens (including phenoxy) is 1. The Kier molecular flexibility index (Phi) is 4.49. The molecular weight excluding hydrogens is 346 g/mol. The number of nitriles is 1. The second kappa shape index (κ2) is 6.77. The predicted molar refractivity (Wildman–Crippen MR) is 100.0 cm³/mol. The third kappa shape index (κ3) is 2.83. The Labute approximate surface area is 155 Å². The predicted octanol–water partition coefficient (Wildman–Crippen LogP) is 0.347. The fraction of sp³-hybridized carbons (Fsp3) is 0.211. The van der Waals surface area contributed by atoms with Crippen LogP contribution in [-0.2, 0) is 14.1 Å². The Morgan fingerprint density at radius 3 is 2.52 bits per heavy atom. The number of fused-ring (bicyclic) bond motifs is 1. The maximum Gasteiger partial charge on any atom is 0.332 e. The minimum atomic E-state index is -0.710. The molecule has 0 unspecified atom stereocenters. The van der Waals surface area contributed by atoms with Crippen LogP contribution in [0.2, 0.25) is 0 Å². The summed E-state index contributed by atoms with van der Waals surface area (Å²) in [7, 11) is 2.93. The van der Waals surface area contributed by atoms with Crippen LogP contribution in [0.4, 0.5) is 5.82 Å². The van der Waals surface area contributed by atoms with Crippen LogP contribution in [0.1, 0.15) is 17.0 Å². The summed E-state index contributed by atoms with van der Waals surface area (Å²) in [5.74, 6) is 2.61. The van der Waals surface area contributed by atoms with Gasteiger partial charge in [-0.3, -0.25) is 13.9 Å². The zero-order valence-electron chi connectivity index (χ0n) is 14.8. The number of nitrogens with one attached hydrogen (secondary N) is 1. The summed E-state index contributed by atoms with van der Waals surface area (Å²) in [5, 5.41) is 12.4. The topological polar surface area (TPSA) is 115 Å². The van der Waals surface area contributed by atoms with Crippen molar-refractivity contribution < 1.29 is 4.74 Å². The number of hydrogen-bond donors (Lipinski definition) is 2. The highest BCUT2D eigenvalue weighted by Gasteiger charge is 2.34. The summed E-state index contributed by atoms with van der Waals surface area (Å²) >= 11 is 0. The van der Waals surface area contributed by atoms with Gasteiger partial charge in [-0.1, -0.05) is 18.1 Å². The molecule has 0 radical (unpaired) electrons. The largest absolute Gasteiger partial charge is 0.481 e. The normalized spacial score (nSPS) is 15.3. The maximum absolute atomic E-state index is 12.8. The second-order valence-electron chi connectivity index (χ2n) is 6.03. The van der Waals surface area contributed by atoms with Crippen molar-refractivity contribution in [3.05, 3.63) is 67.6 Å². The molecule has 2 heterocycles. The highest BCUT2D eigenvalue weighted by molar-refractivity contribution is 5.64. The van der Waals surface area contributed by atoms with Crippen molar-refractivity contribution in [1.29, 1.82) is 5.26 Å². The molecule has 0 spiro atoms. The standard InChI is InChI=1S/C19H17N5O3/c1-4-9-27-12-7-5-11(6-8-12)14-13(10-20)16(21)22-17-15(14)18(25)24(3)19(26)23(17)2/h1,5-8,14,22H,9,21H2,2-3H3/t14-/m0/s1. The Hall–Kier alpha value is -3.91. The number of nitrogens with zero attached hydrogens (tertiary/aromatic N) is 3. The van der Waals surface area contributed by atoms with E-state index in [0.717, 1.165) is 4.57 Å². The van der Waals surface area contributed by atoms with Crippen molar-refractivity contribution in [1.82, 2.24) is 9.13 Å². The average Bonchev–Trinajstić information content (AvgIpc) is 2.68. The first kappa shape index (κ1) is 17.9. The third-order valence-electron chi connectivity index (χ3n) is 4.48. The minimum absolute atomic E-state index is 0.103. The summed E-state index contributed by atoms with van der Waals surface area (Å²) < 4.78 is 7.67. The van der Waals surface area contributed by atoms with Crippen LogP contribution in [0.25, 0.3) is 0 Å². The Morgan fingerprint density at radius 1 is 1.26 bits per heavy atom. The summed E-state index contributed by atoms with van der Waals surface area (Å²) in [4.78, 5) is 25.1. The number of rotatable bonds is 3. The van der Waals surface area contributed by atoms with Gasteiger partial charge in [-0.2, -0.15) is 5.26 Å². The first-order chi connectivity index (χ1) is 12.9. The van der Waals surface area contributed by atoms with Gasteiger partial charge in [0.2, 0.25) is 0 Å². The lowest BCUT2D eigenvalue weighted by atomic mass is 9.84. The van der Waals surface area contributed by atoms with Crippen molar-refractivity contribution in [3.8, 4) is 24.2 Å². The second-order valence-corrected chi connectivity index (χ2v) is 6.03. The van der Waals surface area contributed by atoms with Crippen LogP contribution in [0, 0.1) is 23.7 Å². The average molecular weight is 363 g/mol. The lowest BCUT2D eigenvalue weighted by Gasteiger charge is -2.28.